The van der Waals surface area contributed by atoms with Crippen LogP contribution in [0.2, 0.25) is 0 Å². The van der Waals surface area contributed by atoms with E-state index in [2.05, 4.69) is 17.2 Å². The maximum atomic E-state index is 12.5. The van der Waals surface area contributed by atoms with Gasteiger partial charge in [-0.05, 0) is 31.2 Å². The molecule has 1 heterocycles. The summed E-state index contributed by atoms with van der Waals surface area (Å²) in [6.45, 7) is 2.16. The van der Waals surface area contributed by atoms with Crippen molar-refractivity contribution in [1.29, 1.82) is 0 Å². The highest BCUT2D eigenvalue weighted by Crippen LogP contribution is 2.35. The summed E-state index contributed by atoms with van der Waals surface area (Å²) in [5.74, 6) is 0.942. The largest absolute Gasteiger partial charge is 0.481 e. The Morgan fingerprint density at radius 3 is 2.80 bits per heavy atom. The molecule has 2 unspecified atom stereocenters. The van der Waals surface area contributed by atoms with Gasteiger partial charge in [0.1, 0.15) is 5.60 Å². The van der Waals surface area contributed by atoms with Crippen molar-refractivity contribution in [3.63, 3.8) is 0 Å². The monoisotopic (exact) mass is 278 g/mol. The Bertz CT molecular complexity index is 461. The lowest BCUT2D eigenvalue weighted by Crippen LogP contribution is -2.47. The quantitative estimate of drug-likeness (QED) is 0.919. The maximum Gasteiger partial charge on any atom is 0.256 e. The minimum atomic E-state index is -0.711. The average molecular weight is 278 g/mol. The molecule has 110 valence electrons. The highest BCUT2D eigenvalue weighted by atomic mass is 16.5. The number of carbonyl (C=O) groups is 1. The van der Waals surface area contributed by atoms with Crippen molar-refractivity contribution in [3.8, 4) is 5.88 Å². The van der Waals surface area contributed by atoms with Gasteiger partial charge in [0.2, 0.25) is 5.88 Å². The second-order valence-corrected chi connectivity index (χ2v) is 5.44. The number of rotatable bonds is 4. The summed E-state index contributed by atoms with van der Waals surface area (Å²) in [6.07, 6.45) is 5.29. The average Bonchev–Trinajstić information content (AvgIpc) is 2.47. The topological polar surface area (TPSA) is 60.5 Å². The number of hydrogen-bond donors (Lipinski definition) is 1. The van der Waals surface area contributed by atoms with Gasteiger partial charge in [-0.3, -0.25) is 4.79 Å². The van der Waals surface area contributed by atoms with Crippen LogP contribution in [0.4, 0.5) is 5.69 Å². The SMILES string of the molecule is COc1ccc(NC(=O)C2(OC)CCCC(C)C2)cn1. The summed E-state index contributed by atoms with van der Waals surface area (Å²) >= 11 is 0. The van der Waals surface area contributed by atoms with E-state index in [0.29, 0.717) is 17.5 Å². The Morgan fingerprint density at radius 1 is 1.45 bits per heavy atom. The first-order valence-corrected chi connectivity index (χ1v) is 6.96. The molecule has 2 rings (SSSR count). The molecule has 0 aliphatic heterocycles. The summed E-state index contributed by atoms with van der Waals surface area (Å²) in [5.41, 5.74) is -0.0529. The Kier molecular flexibility index (Phi) is 4.60. The van der Waals surface area contributed by atoms with Crippen LogP contribution in [-0.4, -0.2) is 30.7 Å². The number of nitrogens with zero attached hydrogens (tertiary/aromatic N) is 1. The molecule has 0 spiro atoms. The van der Waals surface area contributed by atoms with Gasteiger partial charge < -0.3 is 14.8 Å². The van der Waals surface area contributed by atoms with Gasteiger partial charge in [0.05, 0.1) is 19.0 Å². The molecule has 1 aromatic rings. The standard InChI is InChI=1S/C15H22N2O3/c1-11-5-4-8-15(9-11,20-3)14(18)17-12-6-7-13(19-2)16-10-12/h6-7,10-11H,4-5,8-9H2,1-3H3,(H,17,18). The van der Waals surface area contributed by atoms with Gasteiger partial charge in [0.25, 0.3) is 5.91 Å². The highest BCUT2D eigenvalue weighted by Gasteiger charge is 2.41. The van der Waals surface area contributed by atoms with E-state index < -0.39 is 5.60 Å². The van der Waals surface area contributed by atoms with Crippen LogP contribution in [-0.2, 0) is 9.53 Å². The molecule has 5 nitrogen and oxygen atoms in total. The normalized spacial score (nSPS) is 26.1. The number of nitrogens with one attached hydrogen (secondary N) is 1. The van der Waals surface area contributed by atoms with Gasteiger partial charge >= 0.3 is 0 Å². The molecular weight excluding hydrogens is 256 g/mol. The van der Waals surface area contributed by atoms with E-state index in [1.165, 1.54) is 0 Å². The van der Waals surface area contributed by atoms with E-state index in [1.807, 2.05) is 0 Å². The molecule has 0 radical (unpaired) electrons. The molecule has 1 N–H and O–H groups in total. The number of ether oxygens (including phenoxy) is 2. The number of aromatic nitrogens is 1. The van der Waals surface area contributed by atoms with Crippen LogP contribution in [0.5, 0.6) is 5.88 Å². The van der Waals surface area contributed by atoms with Gasteiger partial charge in [-0.1, -0.05) is 13.3 Å². The molecule has 0 bridgehead atoms. The Labute approximate surface area is 119 Å². The molecule has 1 saturated carbocycles. The first-order chi connectivity index (χ1) is 9.59. The first-order valence-electron chi connectivity index (χ1n) is 6.96. The van der Waals surface area contributed by atoms with E-state index in [4.69, 9.17) is 9.47 Å². The zero-order valence-corrected chi connectivity index (χ0v) is 12.3. The Balaban J connectivity index is 2.08. The zero-order valence-electron chi connectivity index (χ0n) is 12.3. The molecule has 1 aliphatic carbocycles. The van der Waals surface area contributed by atoms with Crippen LogP contribution in [0.15, 0.2) is 18.3 Å². The van der Waals surface area contributed by atoms with Crippen molar-refractivity contribution in [3.05, 3.63) is 18.3 Å². The lowest BCUT2D eigenvalue weighted by molar-refractivity contribution is -0.143. The van der Waals surface area contributed by atoms with Crippen LogP contribution in [0.25, 0.3) is 0 Å². The molecule has 1 aliphatic rings. The molecule has 0 saturated heterocycles. The summed E-state index contributed by atoms with van der Waals surface area (Å²) in [5, 5.41) is 2.89. The highest BCUT2D eigenvalue weighted by molar-refractivity contribution is 5.97. The molecule has 5 heteroatoms. The second-order valence-electron chi connectivity index (χ2n) is 5.44. The minimum absolute atomic E-state index is 0.0847. The summed E-state index contributed by atoms with van der Waals surface area (Å²) < 4.78 is 10.6. The predicted octanol–water partition coefficient (Wildman–Crippen LogP) is 2.62. The van der Waals surface area contributed by atoms with Crippen LogP contribution in [0.1, 0.15) is 32.6 Å². The molecule has 1 amide bonds. The fourth-order valence-corrected chi connectivity index (χ4v) is 2.81. The van der Waals surface area contributed by atoms with E-state index in [-0.39, 0.29) is 5.91 Å². The fourth-order valence-electron chi connectivity index (χ4n) is 2.81. The van der Waals surface area contributed by atoms with Crippen LogP contribution < -0.4 is 10.1 Å². The Hall–Kier alpha value is -1.62. The first kappa shape index (κ1) is 14.8. The van der Waals surface area contributed by atoms with Gasteiger partial charge in [0, 0.05) is 13.2 Å². The third-order valence-electron chi connectivity index (χ3n) is 3.96. The summed E-state index contributed by atoms with van der Waals surface area (Å²) in [4.78, 5) is 16.6. The van der Waals surface area contributed by atoms with E-state index in [1.54, 1.807) is 32.5 Å². The second kappa shape index (κ2) is 6.22. The number of methoxy groups -OCH3 is 2. The van der Waals surface area contributed by atoms with E-state index >= 15 is 0 Å². The van der Waals surface area contributed by atoms with E-state index in [9.17, 15) is 4.79 Å². The van der Waals surface area contributed by atoms with Crippen molar-refractivity contribution in [2.24, 2.45) is 5.92 Å². The zero-order chi connectivity index (χ0) is 14.6. The van der Waals surface area contributed by atoms with Crippen molar-refractivity contribution in [1.82, 2.24) is 4.98 Å². The lowest BCUT2D eigenvalue weighted by Gasteiger charge is -2.37. The fraction of sp³-hybridized carbons (Fsp3) is 0.600. The number of hydrogen-bond acceptors (Lipinski definition) is 4. The number of pyridine rings is 1. The lowest BCUT2D eigenvalue weighted by atomic mass is 9.78. The van der Waals surface area contributed by atoms with Gasteiger partial charge in [-0.15, -0.1) is 0 Å². The van der Waals surface area contributed by atoms with Gasteiger partial charge in [0.15, 0.2) is 0 Å². The summed E-state index contributed by atoms with van der Waals surface area (Å²) in [7, 11) is 3.17. The molecule has 20 heavy (non-hydrogen) atoms. The van der Waals surface area contributed by atoms with Crippen molar-refractivity contribution in [2.45, 2.75) is 38.2 Å². The molecular formula is C15H22N2O3. The Morgan fingerprint density at radius 2 is 2.25 bits per heavy atom. The van der Waals surface area contributed by atoms with Gasteiger partial charge in [-0.25, -0.2) is 4.98 Å². The van der Waals surface area contributed by atoms with Crippen LogP contribution in [0, 0.1) is 5.92 Å². The third-order valence-corrected chi connectivity index (χ3v) is 3.96. The number of anilines is 1. The van der Waals surface area contributed by atoms with Crippen molar-refractivity contribution < 1.29 is 14.3 Å². The minimum Gasteiger partial charge on any atom is -0.481 e. The smallest absolute Gasteiger partial charge is 0.256 e. The molecule has 2 atom stereocenters. The molecule has 0 aromatic carbocycles. The summed E-state index contributed by atoms with van der Waals surface area (Å²) in [6, 6.07) is 3.50. The van der Waals surface area contributed by atoms with Gasteiger partial charge in [-0.2, -0.15) is 0 Å². The number of amides is 1. The number of carbonyl (C=O) groups excluding carboxylic acids is 1. The van der Waals surface area contributed by atoms with Crippen LogP contribution in [0.3, 0.4) is 0 Å². The maximum absolute atomic E-state index is 12.5. The molecule has 1 fully saturated rings. The van der Waals surface area contributed by atoms with E-state index in [0.717, 1.165) is 25.7 Å². The predicted molar refractivity (Wildman–Crippen MR) is 76.8 cm³/mol. The van der Waals surface area contributed by atoms with Crippen LogP contribution >= 0.6 is 0 Å². The van der Waals surface area contributed by atoms with Crippen molar-refractivity contribution >= 4 is 11.6 Å². The van der Waals surface area contributed by atoms with Crippen molar-refractivity contribution in [2.75, 3.05) is 19.5 Å². The third kappa shape index (κ3) is 3.10. The molecule has 1 aromatic heterocycles.